The SMILES string of the molecule is N#CC1CNCCN1CC1CNC(=O)O1. The highest BCUT2D eigenvalue weighted by Crippen LogP contribution is 2.08. The van der Waals surface area contributed by atoms with E-state index in [9.17, 15) is 4.79 Å². The van der Waals surface area contributed by atoms with Crippen molar-refractivity contribution in [2.24, 2.45) is 0 Å². The number of carbonyl (C=O) groups excluding carboxylic acids is 1. The van der Waals surface area contributed by atoms with Crippen molar-refractivity contribution in [1.82, 2.24) is 15.5 Å². The lowest BCUT2D eigenvalue weighted by Gasteiger charge is -2.32. The van der Waals surface area contributed by atoms with Crippen molar-refractivity contribution < 1.29 is 9.53 Å². The molecule has 2 heterocycles. The molecule has 2 saturated heterocycles. The molecule has 2 unspecified atom stereocenters. The third-order valence-corrected chi connectivity index (χ3v) is 2.69. The third kappa shape index (κ3) is 2.37. The van der Waals surface area contributed by atoms with Crippen molar-refractivity contribution >= 4 is 6.09 Å². The number of nitrogens with one attached hydrogen (secondary N) is 2. The molecule has 15 heavy (non-hydrogen) atoms. The average Bonchev–Trinajstić information content (AvgIpc) is 2.65. The van der Waals surface area contributed by atoms with Crippen molar-refractivity contribution in [1.29, 1.82) is 5.26 Å². The smallest absolute Gasteiger partial charge is 0.407 e. The molecule has 82 valence electrons. The zero-order chi connectivity index (χ0) is 10.7. The summed E-state index contributed by atoms with van der Waals surface area (Å²) in [7, 11) is 0. The molecule has 0 spiro atoms. The van der Waals surface area contributed by atoms with Crippen molar-refractivity contribution in [3.05, 3.63) is 0 Å². The van der Waals surface area contributed by atoms with Crippen LogP contribution in [0.3, 0.4) is 0 Å². The van der Waals surface area contributed by atoms with Gasteiger partial charge in [0.25, 0.3) is 0 Å². The van der Waals surface area contributed by atoms with Gasteiger partial charge in [-0.3, -0.25) is 4.90 Å². The fraction of sp³-hybridized carbons (Fsp3) is 0.778. The summed E-state index contributed by atoms with van der Waals surface area (Å²) in [6.45, 7) is 3.57. The largest absolute Gasteiger partial charge is 0.443 e. The van der Waals surface area contributed by atoms with Gasteiger partial charge in [0.15, 0.2) is 0 Å². The molecule has 0 aromatic carbocycles. The summed E-state index contributed by atoms with van der Waals surface area (Å²) in [4.78, 5) is 12.9. The van der Waals surface area contributed by atoms with Crippen LogP contribution in [0.25, 0.3) is 0 Å². The minimum absolute atomic E-state index is 0.113. The second-order valence-corrected chi connectivity index (χ2v) is 3.75. The molecule has 0 aliphatic carbocycles. The Bertz CT molecular complexity index is 288. The Morgan fingerprint density at radius 1 is 1.60 bits per heavy atom. The van der Waals surface area contributed by atoms with E-state index in [1.165, 1.54) is 0 Å². The van der Waals surface area contributed by atoms with Crippen LogP contribution >= 0.6 is 0 Å². The summed E-state index contributed by atoms with van der Waals surface area (Å²) in [5.41, 5.74) is 0. The number of nitrogens with zero attached hydrogens (tertiary/aromatic N) is 2. The van der Waals surface area contributed by atoms with Gasteiger partial charge in [0.2, 0.25) is 0 Å². The minimum Gasteiger partial charge on any atom is -0.443 e. The molecule has 0 saturated carbocycles. The molecule has 2 fully saturated rings. The van der Waals surface area contributed by atoms with Gasteiger partial charge < -0.3 is 15.4 Å². The highest BCUT2D eigenvalue weighted by Gasteiger charge is 2.29. The van der Waals surface area contributed by atoms with E-state index in [1.54, 1.807) is 0 Å². The van der Waals surface area contributed by atoms with Gasteiger partial charge in [0.1, 0.15) is 12.1 Å². The lowest BCUT2D eigenvalue weighted by molar-refractivity contribution is 0.0914. The highest BCUT2D eigenvalue weighted by molar-refractivity contribution is 5.69. The fourth-order valence-electron chi connectivity index (χ4n) is 1.89. The standard InChI is InChI=1S/C9H14N4O2/c10-3-7-4-11-1-2-13(7)6-8-5-12-9(14)15-8/h7-8,11H,1-2,4-6H2,(H,12,14). The molecule has 6 heteroatoms. The van der Waals surface area contributed by atoms with E-state index in [0.717, 1.165) is 13.1 Å². The minimum atomic E-state index is -0.358. The van der Waals surface area contributed by atoms with E-state index >= 15 is 0 Å². The molecule has 2 atom stereocenters. The summed E-state index contributed by atoms with van der Waals surface area (Å²) in [6, 6.07) is 2.13. The van der Waals surface area contributed by atoms with Crippen LogP contribution in [0.5, 0.6) is 0 Å². The first kappa shape index (κ1) is 10.2. The predicted octanol–water partition coefficient (Wildman–Crippen LogP) is -1.11. The molecule has 6 nitrogen and oxygen atoms in total. The van der Waals surface area contributed by atoms with Crippen LogP contribution in [0.2, 0.25) is 0 Å². The summed E-state index contributed by atoms with van der Waals surface area (Å²) in [5.74, 6) is 0. The molecule has 2 N–H and O–H groups in total. The number of piperazine rings is 1. The molecule has 0 aromatic rings. The molecule has 2 rings (SSSR count). The van der Waals surface area contributed by atoms with Gasteiger partial charge in [-0.1, -0.05) is 0 Å². The summed E-state index contributed by atoms with van der Waals surface area (Å²) in [6.07, 6.45) is -0.477. The molecule has 0 bridgehead atoms. The zero-order valence-electron chi connectivity index (χ0n) is 8.40. The third-order valence-electron chi connectivity index (χ3n) is 2.69. The van der Waals surface area contributed by atoms with Crippen LogP contribution in [0, 0.1) is 11.3 Å². The van der Waals surface area contributed by atoms with Gasteiger partial charge >= 0.3 is 6.09 Å². The number of hydrogen-bond donors (Lipinski definition) is 2. The second kappa shape index (κ2) is 4.47. The fourth-order valence-corrected chi connectivity index (χ4v) is 1.89. The predicted molar refractivity (Wildman–Crippen MR) is 52.1 cm³/mol. The Labute approximate surface area is 88.2 Å². The van der Waals surface area contributed by atoms with E-state index in [-0.39, 0.29) is 18.2 Å². The van der Waals surface area contributed by atoms with Gasteiger partial charge in [-0.05, 0) is 0 Å². The maximum absolute atomic E-state index is 10.8. The Morgan fingerprint density at radius 3 is 3.13 bits per heavy atom. The van der Waals surface area contributed by atoms with Gasteiger partial charge in [-0.15, -0.1) is 0 Å². The van der Waals surface area contributed by atoms with E-state index < -0.39 is 0 Å². The number of hydrogen-bond acceptors (Lipinski definition) is 5. The first-order chi connectivity index (χ1) is 7.29. The first-order valence-corrected chi connectivity index (χ1v) is 5.08. The van der Waals surface area contributed by atoms with E-state index in [1.807, 2.05) is 0 Å². The maximum Gasteiger partial charge on any atom is 0.407 e. The maximum atomic E-state index is 10.8. The monoisotopic (exact) mass is 210 g/mol. The Morgan fingerprint density at radius 2 is 2.47 bits per heavy atom. The van der Waals surface area contributed by atoms with Crippen molar-refractivity contribution in [3.8, 4) is 6.07 Å². The van der Waals surface area contributed by atoms with Crippen LogP contribution < -0.4 is 10.6 Å². The van der Waals surface area contributed by atoms with E-state index in [4.69, 9.17) is 10.00 Å². The average molecular weight is 210 g/mol. The molecular formula is C9H14N4O2. The molecule has 0 radical (unpaired) electrons. The van der Waals surface area contributed by atoms with Crippen LogP contribution in [-0.4, -0.2) is 55.9 Å². The molecule has 1 amide bonds. The summed E-state index contributed by atoms with van der Waals surface area (Å²) < 4.78 is 5.04. The first-order valence-electron chi connectivity index (χ1n) is 5.08. The lowest BCUT2D eigenvalue weighted by atomic mass is 10.2. The van der Waals surface area contributed by atoms with Gasteiger partial charge in [-0.2, -0.15) is 5.26 Å². The van der Waals surface area contributed by atoms with E-state index in [2.05, 4.69) is 21.6 Å². The number of cyclic esters (lactones) is 1. The van der Waals surface area contributed by atoms with Crippen LogP contribution in [0.1, 0.15) is 0 Å². The van der Waals surface area contributed by atoms with Crippen molar-refractivity contribution in [2.45, 2.75) is 12.1 Å². The lowest BCUT2D eigenvalue weighted by Crippen LogP contribution is -2.53. The van der Waals surface area contributed by atoms with Gasteiger partial charge in [-0.25, -0.2) is 4.79 Å². The summed E-state index contributed by atoms with van der Waals surface area (Å²) in [5, 5.41) is 14.7. The number of ether oxygens (including phenoxy) is 1. The molecule has 2 aliphatic rings. The highest BCUT2D eigenvalue weighted by atomic mass is 16.6. The molecule has 0 aromatic heterocycles. The summed E-state index contributed by atoms with van der Waals surface area (Å²) >= 11 is 0. The van der Waals surface area contributed by atoms with Gasteiger partial charge in [0, 0.05) is 26.2 Å². The van der Waals surface area contributed by atoms with Crippen molar-refractivity contribution in [2.75, 3.05) is 32.7 Å². The van der Waals surface area contributed by atoms with Gasteiger partial charge in [0.05, 0.1) is 12.6 Å². The number of alkyl carbamates (subject to hydrolysis) is 1. The quantitative estimate of drug-likeness (QED) is 0.604. The Balaban J connectivity index is 1.87. The van der Waals surface area contributed by atoms with Crippen LogP contribution in [0.15, 0.2) is 0 Å². The zero-order valence-corrected chi connectivity index (χ0v) is 8.40. The van der Waals surface area contributed by atoms with Crippen LogP contribution in [-0.2, 0) is 4.74 Å². The molecular weight excluding hydrogens is 196 g/mol. The second-order valence-electron chi connectivity index (χ2n) is 3.75. The normalized spacial score (nSPS) is 31.8. The van der Waals surface area contributed by atoms with Crippen LogP contribution in [0.4, 0.5) is 4.79 Å². The number of nitriles is 1. The number of amides is 1. The molecule has 2 aliphatic heterocycles. The number of carbonyl (C=O) groups is 1. The van der Waals surface area contributed by atoms with E-state index in [0.29, 0.717) is 19.6 Å². The van der Waals surface area contributed by atoms with Crippen molar-refractivity contribution in [3.63, 3.8) is 0 Å². The Kier molecular flexibility index (Phi) is 3.04. The number of rotatable bonds is 2. The Hall–Kier alpha value is -1.32. The topological polar surface area (TPSA) is 77.4 Å².